The monoisotopic (exact) mass is 264 g/mol. The molecule has 0 aromatic carbocycles. The molecule has 3 atom stereocenters. The summed E-state index contributed by atoms with van der Waals surface area (Å²) < 4.78 is 0. The molecule has 2 bridgehead atoms. The molecule has 2 saturated heterocycles. The number of aromatic amines is 1. The van der Waals surface area contributed by atoms with Gasteiger partial charge in [-0.2, -0.15) is 5.10 Å². The van der Waals surface area contributed by atoms with Crippen molar-refractivity contribution in [2.75, 3.05) is 0 Å². The Morgan fingerprint density at radius 3 is 3.00 bits per heavy atom. The number of aromatic nitrogens is 2. The Morgan fingerprint density at radius 2 is 2.37 bits per heavy atom. The summed E-state index contributed by atoms with van der Waals surface area (Å²) in [4.78, 5) is 25.0. The van der Waals surface area contributed by atoms with Crippen LogP contribution in [-0.2, 0) is 11.3 Å². The van der Waals surface area contributed by atoms with Gasteiger partial charge in [-0.3, -0.25) is 9.89 Å². The quantitative estimate of drug-likeness (QED) is 0.742. The lowest BCUT2D eigenvalue weighted by atomic mass is 9.89. The van der Waals surface area contributed by atoms with Crippen molar-refractivity contribution < 1.29 is 14.7 Å². The molecule has 0 spiro atoms. The summed E-state index contributed by atoms with van der Waals surface area (Å²) in [5.41, 5.74) is 0.898. The second-order valence-electron chi connectivity index (χ2n) is 5.15. The fraction of sp³-hybridized carbons (Fsp3) is 0.583. The lowest BCUT2D eigenvalue weighted by Gasteiger charge is -2.23. The molecule has 7 nitrogen and oxygen atoms in total. The maximum Gasteiger partial charge on any atom is 0.318 e. The molecule has 0 saturated carbocycles. The topological polar surface area (TPSA) is 98.3 Å². The van der Waals surface area contributed by atoms with Crippen molar-refractivity contribution >= 4 is 12.0 Å². The van der Waals surface area contributed by atoms with E-state index in [1.165, 1.54) is 0 Å². The van der Waals surface area contributed by atoms with Crippen molar-refractivity contribution in [3.05, 3.63) is 18.0 Å². The number of rotatable bonds is 3. The highest BCUT2D eigenvalue weighted by molar-refractivity contribution is 5.79. The van der Waals surface area contributed by atoms with Crippen LogP contribution in [0, 0.1) is 5.92 Å². The van der Waals surface area contributed by atoms with Crippen molar-refractivity contribution in [3.8, 4) is 0 Å². The number of urea groups is 1. The van der Waals surface area contributed by atoms with Crippen LogP contribution in [0.2, 0.25) is 0 Å². The number of hydrogen-bond donors (Lipinski definition) is 3. The zero-order valence-electron chi connectivity index (χ0n) is 10.4. The van der Waals surface area contributed by atoms with Crippen molar-refractivity contribution in [1.29, 1.82) is 0 Å². The molecule has 2 aliphatic heterocycles. The minimum Gasteiger partial charge on any atom is -0.481 e. The first kappa shape index (κ1) is 12.0. The molecule has 1 aromatic rings. The van der Waals surface area contributed by atoms with Crippen molar-refractivity contribution in [3.63, 3.8) is 0 Å². The summed E-state index contributed by atoms with van der Waals surface area (Å²) in [5.74, 6) is -1.20. The third kappa shape index (κ3) is 2.05. The number of nitrogens with one attached hydrogen (secondary N) is 2. The van der Waals surface area contributed by atoms with Gasteiger partial charge in [0.05, 0.1) is 12.1 Å². The number of carbonyl (C=O) groups is 2. The summed E-state index contributed by atoms with van der Waals surface area (Å²) in [6.45, 7) is 0.406. The van der Waals surface area contributed by atoms with Crippen LogP contribution < -0.4 is 5.32 Å². The van der Waals surface area contributed by atoms with Crippen LogP contribution in [0.3, 0.4) is 0 Å². The molecule has 0 aliphatic carbocycles. The molecule has 1 aromatic heterocycles. The summed E-state index contributed by atoms with van der Waals surface area (Å²) in [6.07, 6.45) is 5.66. The smallest absolute Gasteiger partial charge is 0.318 e. The van der Waals surface area contributed by atoms with E-state index >= 15 is 0 Å². The SMILES string of the molecule is O=C(O)C1CC2CCC1N2C(=O)NCc1cn[nH]c1. The van der Waals surface area contributed by atoms with Crippen LogP contribution >= 0.6 is 0 Å². The lowest BCUT2D eigenvalue weighted by Crippen LogP contribution is -2.43. The summed E-state index contributed by atoms with van der Waals surface area (Å²) >= 11 is 0. The second-order valence-corrected chi connectivity index (χ2v) is 5.15. The minimum absolute atomic E-state index is 0.0791. The highest BCUT2D eigenvalue weighted by atomic mass is 16.4. The average molecular weight is 264 g/mol. The first-order valence-corrected chi connectivity index (χ1v) is 6.43. The number of fused-ring (bicyclic) bond motifs is 2. The highest BCUT2D eigenvalue weighted by Gasteiger charge is 2.51. The number of hydrogen-bond acceptors (Lipinski definition) is 3. The van der Waals surface area contributed by atoms with E-state index in [2.05, 4.69) is 15.5 Å². The number of H-pyrrole nitrogens is 1. The molecule has 19 heavy (non-hydrogen) atoms. The first-order valence-electron chi connectivity index (χ1n) is 6.43. The van der Waals surface area contributed by atoms with Gasteiger partial charge in [-0.05, 0) is 19.3 Å². The largest absolute Gasteiger partial charge is 0.481 e. The average Bonchev–Trinajstić information content (AvgIpc) is 3.11. The standard InChI is InChI=1S/C12H16N4O3/c17-11(18)9-3-8-1-2-10(9)16(8)12(19)13-4-7-5-14-15-6-7/h5-6,8-10H,1-4H2,(H,13,19)(H,14,15)(H,17,18). The minimum atomic E-state index is -0.792. The predicted molar refractivity (Wildman–Crippen MR) is 65.2 cm³/mol. The third-order valence-corrected chi connectivity index (χ3v) is 4.09. The van der Waals surface area contributed by atoms with Gasteiger partial charge in [0.15, 0.2) is 0 Å². The summed E-state index contributed by atoms with van der Waals surface area (Å²) in [5, 5.41) is 18.5. The third-order valence-electron chi connectivity index (χ3n) is 4.09. The number of aliphatic carboxylic acids is 1. The van der Waals surface area contributed by atoms with Crippen molar-refractivity contribution in [1.82, 2.24) is 20.4 Å². The van der Waals surface area contributed by atoms with E-state index in [9.17, 15) is 9.59 Å². The number of carbonyl (C=O) groups excluding carboxylic acids is 1. The molecule has 3 heterocycles. The second kappa shape index (κ2) is 4.56. The molecular formula is C12H16N4O3. The summed E-state index contributed by atoms with van der Waals surface area (Å²) in [7, 11) is 0. The Balaban J connectivity index is 1.63. The zero-order valence-corrected chi connectivity index (χ0v) is 10.4. The van der Waals surface area contributed by atoms with E-state index in [1.54, 1.807) is 17.3 Å². The Labute approximate surface area is 110 Å². The number of carboxylic acid groups (broad SMARTS) is 1. The van der Waals surface area contributed by atoms with Gasteiger partial charge in [0, 0.05) is 30.4 Å². The van der Waals surface area contributed by atoms with E-state index in [0.717, 1.165) is 18.4 Å². The van der Waals surface area contributed by atoms with Gasteiger partial charge in [0.25, 0.3) is 0 Å². The molecule has 3 rings (SSSR count). The first-order chi connectivity index (χ1) is 9.16. The van der Waals surface area contributed by atoms with Crippen LogP contribution in [0.5, 0.6) is 0 Å². The summed E-state index contributed by atoms with van der Waals surface area (Å²) in [6, 6.07) is -0.236. The van der Waals surface area contributed by atoms with E-state index < -0.39 is 11.9 Å². The molecular weight excluding hydrogens is 248 g/mol. The zero-order chi connectivity index (χ0) is 13.4. The van der Waals surface area contributed by atoms with E-state index in [-0.39, 0.29) is 18.1 Å². The van der Waals surface area contributed by atoms with Crippen molar-refractivity contribution in [2.24, 2.45) is 5.92 Å². The Kier molecular flexibility index (Phi) is 2.88. The maximum atomic E-state index is 12.2. The van der Waals surface area contributed by atoms with Gasteiger partial charge in [0.1, 0.15) is 0 Å². The van der Waals surface area contributed by atoms with Gasteiger partial charge >= 0.3 is 12.0 Å². The van der Waals surface area contributed by atoms with Gasteiger partial charge in [-0.25, -0.2) is 4.79 Å². The Hall–Kier alpha value is -2.05. The fourth-order valence-electron chi connectivity index (χ4n) is 3.21. The molecule has 0 radical (unpaired) electrons. The Morgan fingerprint density at radius 1 is 1.53 bits per heavy atom. The van der Waals surface area contributed by atoms with Gasteiger partial charge in [-0.1, -0.05) is 0 Å². The van der Waals surface area contributed by atoms with Gasteiger partial charge < -0.3 is 15.3 Å². The number of amides is 2. The molecule has 102 valence electrons. The van der Waals surface area contributed by atoms with Gasteiger partial charge in [-0.15, -0.1) is 0 Å². The predicted octanol–water partition coefficient (Wildman–Crippen LogP) is 0.557. The number of carboxylic acids is 1. The van der Waals surface area contributed by atoms with Crippen molar-refractivity contribution in [2.45, 2.75) is 37.9 Å². The van der Waals surface area contributed by atoms with Crippen LogP contribution in [0.1, 0.15) is 24.8 Å². The molecule has 2 fully saturated rings. The Bertz CT molecular complexity index is 487. The number of nitrogens with zero attached hydrogens (tertiary/aromatic N) is 2. The molecule has 3 N–H and O–H groups in total. The lowest BCUT2D eigenvalue weighted by molar-refractivity contribution is -0.142. The molecule has 3 unspecified atom stereocenters. The van der Waals surface area contributed by atoms with Gasteiger partial charge in [0.2, 0.25) is 0 Å². The van der Waals surface area contributed by atoms with E-state index in [1.807, 2.05) is 0 Å². The van der Waals surface area contributed by atoms with E-state index in [4.69, 9.17) is 5.11 Å². The van der Waals surface area contributed by atoms with Crippen LogP contribution in [-0.4, -0.2) is 44.3 Å². The van der Waals surface area contributed by atoms with Crippen LogP contribution in [0.15, 0.2) is 12.4 Å². The normalized spacial score (nSPS) is 28.6. The molecule has 2 aliphatic rings. The highest BCUT2D eigenvalue weighted by Crippen LogP contribution is 2.41. The fourth-order valence-corrected chi connectivity index (χ4v) is 3.21. The maximum absolute atomic E-state index is 12.2. The van der Waals surface area contributed by atoms with Crippen LogP contribution in [0.25, 0.3) is 0 Å². The van der Waals surface area contributed by atoms with E-state index in [0.29, 0.717) is 13.0 Å². The molecule has 2 amide bonds. The van der Waals surface area contributed by atoms with Crippen LogP contribution in [0.4, 0.5) is 4.79 Å². The molecule has 7 heteroatoms.